The molecule has 304 valence electrons. The average molecular weight is 749 g/mol. The number of nitrogens with one attached hydrogen (secondary N) is 2. The number of hydrogen-bond donors (Lipinski definition) is 6. The van der Waals surface area contributed by atoms with Gasteiger partial charge in [0.1, 0.15) is 30.0 Å². The van der Waals surface area contributed by atoms with Crippen LogP contribution in [0, 0.1) is 17.8 Å². The van der Waals surface area contributed by atoms with Gasteiger partial charge in [-0.3, -0.25) is 9.59 Å². The minimum Gasteiger partial charge on any atom is -0.459 e. The minimum atomic E-state index is -1.94. The summed E-state index contributed by atoms with van der Waals surface area (Å²) in [5.41, 5.74) is -4.23. The van der Waals surface area contributed by atoms with E-state index in [1.54, 1.807) is 55.5 Å². The first-order valence-electron chi connectivity index (χ1n) is 18.8. The van der Waals surface area contributed by atoms with Crippen LogP contribution in [-0.2, 0) is 42.7 Å². The summed E-state index contributed by atoms with van der Waals surface area (Å²) in [4.78, 5) is 27.9. The van der Waals surface area contributed by atoms with Crippen molar-refractivity contribution in [3.63, 3.8) is 0 Å². The largest absolute Gasteiger partial charge is 0.459 e. The van der Waals surface area contributed by atoms with E-state index in [4.69, 9.17) is 33.2 Å². The Morgan fingerprint density at radius 2 is 1.52 bits per heavy atom. The highest BCUT2D eigenvalue weighted by molar-refractivity contribution is 5.78. The van der Waals surface area contributed by atoms with Crippen molar-refractivity contribution >= 4 is 11.9 Å². The number of esters is 1. The van der Waals surface area contributed by atoms with E-state index >= 15 is 0 Å². The summed E-state index contributed by atoms with van der Waals surface area (Å²) < 4.78 is 43.7. The summed E-state index contributed by atoms with van der Waals surface area (Å²) >= 11 is 0. The number of methoxy groups -OCH3 is 2. The van der Waals surface area contributed by atoms with Crippen LogP contribution in [0.25, 0.3) is 0 Å². The highest BCUT2D eigenvalue weighted by Gasteiger charge is 2.53. The van der Waals surface area contributed by atoms with Gasteiger partial charge in [0, 0.05) is 38.5 Å². The molecule has 0 saturated carbocycles. The second-order valence-corrected chi connectivity index (χ2v) is 16.1. The number of likely N-dealkylation sites (N-methyl/N-ethyl adjacent to an activating group) is 1. The van der Waals surface area contributed by atoms with E-state index < -0.39 is 108 Å². The van der Waals surface area contributed by atoms with Crippen LogP contribution < -0.4 is 10.6 Å². The fraction of sp³-hybridized carbons (Fsp3) is 0.946. The molecule has 0 aliphatic carbocycles. The lowest BCUT2D eigenvalue weighted by molar-refractivity contribution is -0.317. The Hall–Kier alpha value is -1.50. The second kappa shape index (κ2) is 18.0. The standard InChI is InChI=1S/C37H68N2O13/c1-14-25-37(10,45)29(41)22(6)39-32(43)18(2)16-36(9,47-13)31(52-34-27(40)24(38-11)15-19(3)48-34)20(4)28(21(5)33(44)50-25)51-26-17-35(8,46-12)30(42)23(7)49-26/h18-31,34,38,40-42,45H,14-17H2,1-13H3,(H,39,43)/t18-,19?,20+,21?,22+,23?,24-,25-,26?,27?,28?,29?,30?,31?,34-,35?,36-,37-/m0/s1. The highest BCUT2D eigenvalue weighted by atomic mass is 16.7. The fourth-order valence-electron chi connectivity index (χ4n) is 8.22. The Bertz CT molecular complexity index is 1180. The van der Waals surface area contributed by atoms with Gasteiger partial charge in [0.25, 0.3) is 0 Å². The molecule has 0 bridgehead atoms. The molecule has 0 aromatic rings. The topological polar surface area (TPSA) is 204 Å². The van der Waals surface area contributed by atoms with Gasteiger partial charge in [-0.1, -0.05) is 20.8 Å². The highest BCUT2D eigenvalue weighted by Crippen LogP contribution is 2.40. The summed E-state index contributed by atoms with van der Waals surface area (Å²) in [5, 5.41) is 51.2. The summed E-state index contributed by atoms with van der Waals surface area (Å²) in [6, 6.07) is -1.26. The lowest BCUT2D eigenvalue weighted by Gasteiger charge is -2.49. The van der Waals surface area contributed by atoms with Crippen LogP contribution in [0.3, 0.4) is 0 Å². The Balaban J connectivity index is 2.21. The zero-order chi connectivity index (χ0) is 39.5. The maximum Gasteiger partial charge on any atom is 0.311 e. The van der Waals surface area contributed by atoms with Crippen molar-refractivity contribution in [3.8, 4) is 0 Å². The minimum absolute atomic E-state index is 0.103. The zero-order valence-corrected chi connectivity index (χ0v) is 33.5. The second-order valence-electron chi connectivity index (χ2n) is 16.1. The average Bonchev–Trinajstić information content (AvgIpc) is 3.09. The number of carbonyl (C=O) groups excluding carboxylic acids is 2. The molecule has 0 aromatic heterocycles. The number of cyclic esters (lactones) is 1. The molecule has 3 rings (SSSR count). The fourth-order valence-corrected chi connectivity index (χ4v) is 8.22. The molecule has 0 aromatic carbocycles. The molecule has 3 fully saturated rings. The number of ether oxygens (including phenoxy) is 7. The van der Waals surface area contributed by atoms with Gasteiger partial charge in [0.2, 0.25) is 5.91 Å². The Labute approximate surface area is 309 Å². The summed E-state index contributed by atoms with van der Waals surface area (Å²) in [6.45, 7) is 17.0. The van der Waals surface area contributed by atoms with Gasteiger partial charge in [0.15, 0.2) is 12.6 Å². The predicted octanol–water partition coefficient (Wildman–Crippen LogP) is 1.40. The van der Waals surface area contributed by atoms with Gasteiger partial charge in [-0.15, -0.1) is 0 Å². The normalized spacial score (nSPS) is 49.0. The quantitative estimate of drug-likeness (QED) is 0.194. The van der Waals surface area contributed by atoms with Crippen LogP contribution in [0.4, 0.5) is 0 Å². The van der Waals surface area contributed by atoms with Gasteiger partial charge in [-0.2, -0.15) is 0 Å². The molecule has 52 heavy (non-hydrogen) atoms. The molecule has 0 radical (unpaired) electrons. The molecule has 10 unspecified atom stereocenters. The van der Waals surface area contributed by atoms with Crippen molar-refractivity contribution in [2.75, 3.05) is 21.3 Å². The molecule has 3 saturated heterocycles. The van der Waals surface area contributed by atoms with Crippen molar-refractivity contribution in [2.24, 2.45) is 17.8 Å². The lowest BCUT2D eigenvalue weighted by Crippen LogP contribution is -2.61. The van der Waals surface area contributed by atoms with E-state index in [2.05, 4.69) is 10.6 Å². The molecule has 3 aliphatic heterocycles. The van der Waals surface area contributed by atoms with E-state index in [9.17, 15) is 30.0 Å². The van der Waals surface area contributed by atoms with Gasteiger partial charge < -0.3 is 64.2 Å². The molecule has 1 amide bonds. The lowest BCUT2D eigenvalue weighted by atomic mass is 9.77. The van der Waals surface area contributed by atoms with E-state index in [-0.39, 0.29) is 31.4 Å². The number of aliphatic hydroxyl groups excluding tert-OH is 3. The van der Waals surface area contributed by atoms with Crippen LogP contribution in [0.15, 0.2) is 0 Å². The maximum absolute atomic E-state index is 14.2. The summed E-state index contributed by atoms with van der Waals surface area (Å²) in [5.74, 6) is -3.58. The van der Waals surface area contributed by atoms with Crippen molar-refractivity contribution in [3.05, 3.63) is 0 Å². The van der Waals surface area contributed by atoms with Crippen molar-refractivity contribution in [2.45, 2.75) is 185 Å². The van der Waals surface area contributed by atoms with Crippen LogP contribution >= 0.6 is 0 Å². The molecule has 6 N–H and O–H groups in total. The predicted molar refractivity (Wildman–Crippen MR) is 190 cm³/mol. The first-order chi connectivity index (χ1) is 24.1. The Morgan fingerprint density at radius 3 is 2.08 bits per heavy atom. The van der Waals surface area contributed by atoms with E-state index in [0.717, 1.165) is 0 Å². The van der Waals surface area contributed by atoms with Crippen molar-refractivity contribution in [1.82, 2.24) is 10.6 Å². The van der Waals surface area contributed by atoms with Crippen LogP contribution in [0.2, 0.25) is 0 Å². The smallest absolute Gasteiger partial charge is 0.311 e. The molecular weight excluding hydrogens is 680 g/mol. The molecule has 15 heteroatoms. The first kappa shape index (κ1) is 44.9. The van der Waals surface area contributed by atoms with E-state index in [1.165, 1.54) is 21.1 Å². The number of hydrogen-bond acceptors (Lipinski definition) is 14. The third kappa shape index (κ3) is 9.65. The van der Waals surface area contributed by atoms with Crippen LogP contribution in [-0.4, -0.2) is 144 Å². The number of amides is 1. The van der Waals surface area contributed by atoms with E-state index in [1.807, 2.05) is 13.8 Å². The summed E-state index contributed by atoms with van der Waals surface area (Å²) in [6.07, 6.45) is -8.81. The van der Waals surface area contributed by atoms with E-state index in [0.29, 0.717) is 6.42 Å². The van der Waals surface area contributed by atoms with Crippen molar-refractivity contribution in [1.29, 1.82) is 0 Å². The van der Waals surface area contributed by atoms with Gasteiger partial charge >= 0.3 is 5.97 Å². The van der Waals surface area contributed by atoms with Crippen molar-refractivity contribution < 1.29 is 63.2 Å². The molecule has 0 spiro atoms. The number of aliphatic hydroxyl groups is 4. The first-order valence-corrected chi connectivity index (χ1v) is 18.8. The van der Waals surface area contributed by atoms with Gasteiger partial charge in [0.05, 0.1) is 47.6 Å². The SMILES string of the molecule is CC[C@@H]1OC(=O)C(C)C(OC2CC(C)(OC)C(O)C(C)O2)[C@@H](C)C(O[C@@H]2OC(C)C[C@H](NC)C2O)[C@@](C)(OC)C[C@H](C)C(=O)N[C@H](C)C(O)[C@@]1(C)O. The zero-order valence-electron chi connectivity index (χ0n) is 33.5. The van der Waals surface area contributed by atoms with Crippen LogP contribution in [0.5, 0.6) is 0 Å². The molecule has 18 atom stereocenters. The van der Waals surface area contributed by atoms with Gasteiger partial charge in [-0.05, 0) is 74.8 Å². The molecule has 15 nitrogen and oxygen atoms in total. The Morgan fingerprint density at radius 1 is 0.904 bits per heavy atom. The van der Waals surface area contributed by atoms with Gasteiger partial charge in [-0.25, -0.2) is 0 Å². The summed E-state index contributed by atoms with van der Waals surface area (Å²) in [7, 11) is 4.75. The monoisotopic (exact) mass is 748 g/mol. The number of carbonyl (C=O) groups is 2. The maximum atomic E-state index is 14.2. The Kier molecular flexibility index (Phi) is 15.5. The number of rotatable bonds is 8. The molecule has 3 aliphatic rings. The third-order valence-corrected chi connectivity index (χ3v) is 11.9. The molecule has 3 heterocycles. The van der Waals surface area contributed by atoms with Crippen LogP contribution in [0.1, 0.15) is 94.9 Å². The molecular formula is C37H68N2O13. The third-order valence-electron chi connectivity index (χ3n) is 11.9.